The number of H-pyrrole nitrogens is 1. The van der Waals surface area contributed by atoms with E-state index in [0.717, 1.165) is 0 Å². The number of carbonyl (C=O) groups excluding carboxylic acids is 1. The number of nitrogens with one attached hydrogen (secondary N) is 2. The molecule has 4 rings (SSSR count). The first-order valence-corrected chi connectivity index (χ1v) is 7.44. The third-order valence-corrected chi connectivity index (χ3v) is 4.28. The molecule has 2 N–H and O–H groups in total. The minimum Gasteiger partial charge on any atom is -0.312 e. The van der Waals surface area contributed by atoms with Crippen LogP contribution in [0.2, 0.25) is 0 Å². The van der Waals surface area contributed by atoms with Gasteiger partial charge in [-0.3, -0.25) is 14.9 Å². The Bertz CT molecular complexity index is 1110. The summed E-state index contributed by atoms with van der Waals surface area (Å²) in [6.07, 6.45) is 6.55. The maximum Gasteiger partial charge on any atom is 0.212 e. The van der Waals surface area contributed by atoms with Crippen molar-refractivity contribution < 1.29 is 13.6 Å². The molecule has 0 saturated heterocycles. The Kier molecular flexibility index (Phi) is 3.27. The monoisotopic (exact) mass is 392 g/mol. The molecule has 0 aliphatic heterocycles. The van der Waals surface area contributed by atoms with Crippen molar-refractivity contribution in [3.05, 3.63) is 40.9 Å². The van der Waals surface area contributed by atoms with Crippen molar-refractivity contribution >= 4 is 44.7 Å². The molecule has 0 unspecified atom stereocenters. The van der Waals surface area contributed by atoms with Crippen LogP contribution in [-0.4, -0.2) is 31.0 Å². The number of hydrogen-bond acceptors (Lipinski definition) is 4. The highest BCUT2D eigenvalue weighted by Crippen LogP contribution is 2.37. The fourth-order valence-corrected chi connectivity index (χ4v) is 3.08. The summed E-state index contributed by atoms with van der Waals surface area (Å²) < 4.78 is 29.7. The Labute approximate surface area is 140 Å². The van der Waals surface area contributed by atoms with Crippen molar-refractivity contribution in [1.82, 2.24) is 24.6 Å². The molecule has 1 amide bonds. The lowest BCUT2D eigenvalue weighted by molar-refractivity contribution is -0.105. The molecule has 4 aromatic rings. The molecular formula is C14H7BrF2N6O. The topological polar surface area (TPSA) is 88.0 Å². The molecule has 10 heteroatoms. The summed E-state index contributed by atoms with van der Waals surface area (Å²) in [7, 11) is 0. The molecule has 0 fully saturated rings. The van der Waals surface area contributed by atoms with Gasteiger partial charge in [-0.1, -0.05) is 0 Å². The van der Waals surface area contributed by atoms with E-state index in [9.17, 15) is 13.6 Å². The van der Waals surface area contributed by atoms with Gasteiger partial charge in [-0.25, -0.2) is 13.8 Å². The predicted molar refractivity (Wildman–Crippen MR) is 85.4 cm³/mol. The van der Waals surface area contributed by atoms with Gasteiger partial charge in [0, 0.05) is 17.1 Å². The lowest BCUT2D eigenvalue weighted by Crippen LogP contribution is -1.96. The van der Waals surface area contributed by atoms with Gasteiger partial charge in [-0.2, -0.15) is 5.10 Å². The van der Waals surface area contributed by atoms with Crippen LogP contribution in [0.25, 0.3) is 27.8 Å². The largest absolute Gasteiger partial charge is 0.312 e. The van der Waals surface area contributed by atoms with E-state index in [1.54, 1.807) is 16.8 Å². The Morgan fingerprint density at radius 2 is 2.08 bits per heavy atom. The minimum absolute atomic E-state index is 0.0402. The van der Waals surface area contributed by atoms with Crippen LogP contribution >= 0.6 is 15.9 Å². The Morgan fingerprint density at radius 1 is 1.25 bits per heavy atom. The summed E-state index contributed by atoms with van der Waals surface area (Å²) in [6.45, 7) is 0. The zero-order valence-electron chi connectivity index (χ0n) is 11.7. The number of halogens is 3. The average Bonchev–Trinajstić information content (AvgIpc) is 3.19. The maximum atomic E-state index is 14.1. The molecule has 0 radical (unpaired) electrons. The maximum absolute atomic E-state index is 14.1. The molecule has 7 nitrogen and oxygen atoms in total. The lowest BCUT2D eigenvalue weighted by Gasteiger charge is -2.08. The molecule has 0 spiro atoms. The van der Waals surface area contributed by atoms with E-state index < -0.39 is 11.6 Å². The zero-order valence-corrected chi connectivity index (χ0v) is 13.3. The SMILES string of the molecule is O=CNc1cn2cc(-c3c(Br)c(F)c(F)c4[nH]ncc34)ncc2n1. The Morgan fingerprint density at radius 3 is 2.88 bits per heavy atom. The fraction of sp³-hybridized carbons (Fsp3) is 0. The van der Waals surface area contributed by atoms with Gasteiger partial charge < -0.3 is 9.72 Å². The quantitative estimate of drug-likeness (QED) is 0.414. The number of fused-ring (bicyclic) bond motifs is 2. The van der Waals surface area contributed by atoms with Gasteiger partial charge in [-0.05, 0) is 15.9 Å². The molecule has 0 aliphatic carbocycles. The summed E-state index contributed by atoms with van der Waals surface area (Å²) in [4.78, 5) is 18.9. The van der Waals surface area contributed by atoms with Crippen LogP contribution in [-0.2, 0) is 4.79 Å². The fourth-order valence-electron chi connectivity index (χ4n) is 2.49. The van der Waals surface area contributed by atoms with Crippen LogP contribution in [0.1, 0.15) is 0 Å². The molecule has 0 atom stereocenters. The van der Waals surface area contributed by atoms with E-state index in [-0.39, 0.29) is 9.99 Å². The van der Waals surface area contributed by atoms with Crippen molar-refractivity contribution in [3.63, 3.8) is 0 Å². The van der Waals surface area contributed by atoms with Gasteiger partial charge in [0.15, 0.2) is 23.1 Å². The van der Waals surface area contributed by atoms with Crippen molar-refractivity contribution in [2.75, 3.05) is 5.32 Å². The normalized spacial score (nSPS) is 11.3. The molecular weight excluding hydrogens is 386 g/mol. The number of nitrogens with zero attached hydrogens (tertiary/aromatic N) is 4. The average molecular weight is 393 g/mol. The number of carbonyl (C=O) groups is 1. The number of imidazole rings is 1. The van der Waals surface area contributed by atoms with Crippen molar-refractivity contribution in [1.29, 1.82) is 0 Å². The van der Waals surface area contributed by atoms with Gasteiger partial charge in [0.2, 0.25) is 6.41 Å². The molecule has 3 heterocycles. The van der Waals surface area contributed by atoms with Crippen LogP contribution in [0.5, 0.6) is 0 Å². The Hall–Kier alpha value is -2.88. The summed E-state index contributed by atoms with van der Waals surface area (Å²) >= 11 is 3.09. The highest BCUT2D eigenvalue weighted by molar-refractivity contribution is 9.10. The van der Waals surface area contributed by atoms with Crippen molar-refractivity contribution in [2.45, 2.75) is 0 Å². The van der Waals surface area contributed by atoms with E-state index in [4.69, 9.17) is 0 Å². The van der Waals surface area contributed by atoms with Crippen LogP contribution < -0.4 is 5.32 Å². The van der Waals surface area contributed by atoms with E-state index in [1.807, 2.05) is 0 Å². The molecule has 3 aromatic heterocycles. The smallest absolute Gasteiger partial charge is 0.212 e. The molecule has 120 valence electrons. The third kappa shape index (κ3) is 2.07. The standard InChI is InChI=1S/C14H7BrF2N6O/c15-11-10(6-1-20-22-14(6)13(17)12(11)16)7-3-23-4-8(19-5-24)21-9(23)2-18-7/h1-5H,(H,19,24)(H,20,22). The second-order valence-electron chi connectivity index (χ2n) is 4.90. The van der Waals surface area contributed by atoms with Gasteiger partial charge in [0.05, 0.1) is 28.8 Å². The predicted octanol–water partition coefficient (Wildman–Crippen LogP) is 2.88. The number of aromatic amines is 1. The van der Waals surface area contributed by atoms with Crippen LogP contribution in [0.15, 0.2) is 29.3 Å². The molecule has 0 saturated carbocycles. The number of anilines is 1. The van der Waals surface area contributed by atoms with Crippen LogP contribution in [0, 0.1) is 11.6 Å². The van der Waals surface area contributed by atoms with Gasteiger partial charge in [0.25, 0.3) is 0 Å². The number of aromatic nitrogens is 5. The first-order valence-electron chi connectivity index (χ1n) is 6.65. The van der Waals surface area contributed by atoms with Gasteiger partial charge >= 0.3 is 0 Å². The van der Waals surface area contributed by atoms with Gasteiger partial charge in [0.1, 0.15) is 5.52 Å². The first kappa shape index (κ1) is 14.7. The van der Waals surface area contributed by atoms with Gasteiger partial charge in [-0.15, -0.1) is 0 Å². The minimum atomic E-state index is -1.03. The number of benzene rings is 1. The second-order valence-corrected chi connectivity index (χ2v) is 5.69. The number of hydrogen-bond donors (Lipinski definition) is 2. The molecule has 0 aliphatic rings. The summed E-state index contributed by atoms with van der Waals surface area (Å²) in [5.41, 5.74) is 1.19. The Balaban J connectivity index is 1.99. The number of amides is 1. The summed E-state index contributed by atoms with van der Waals surface area (Å²) in [5, 5.41) is 9.04. The molecule has 24 heavy (non-hydrogen) atoms. The van der Waals surface area contributed by atoms with Crippen molar-refractivity contribution in [3.8, 4) is 11.3 Å². The van der Waals surface area contributed by atoms with Crippen molar-refractivity contribution in [2.24, 2.45) is 0 Å². The highest BCUT2D eigenvalue weighted by Gasteiger charge is 2.22. The number of rotatable bonds is 3. The van der Waals surface area contributed by atoms with Crippen LogP contribution in [0.3, 0.4) is 0 Å². The molecule has 1 aromatic carbocycles. The lowest BCUT2D eigenvalue weighted by atomic mass is 10.1. The van der Waals surface area contributed by atoms with E-state index in [1.165, 1.54) is 12.4 Å². The third-order valence-electron chi connectivity index (χ3n) is 3.54. The second kappa shape index (κ2) is 5.34. The first-order chi connectivity index (χ1) is 11.6. The van der Waals surface area contributed by atoms with Crippen LogP contribution in [0.4, 0.5) is 14.6 Å². The molecule has 0 bridgehead atoms. The zero-order chi connectivity index (χ0) is 16.8. The summed E-state index contributed by atoms with van der Waals surface area (Å²) in [5.74, 6) is -1.70. The van der Waals surface area contributed by atoms with E-state index in [2.05, 4.69) is 41.4 Å². The highest BCUT2D eigenvalue weighted by atomic mass is 79.9. The van der Waals surface area contributed by atoms with E-state index >= 15 is 0 Å². The summed E-state index contributed by atoms with van der Waals surface area (Å²) in [6, 6.07) is 0. The van der Waals surface area contributed by atoms with E-state index in [0.29, 0.717) is 34.5 Å².